The molecule has 2 rings (SSSR count). The topological polar surface area (TPSA) is 65.9 Å². The quantitative estimate of drug-likeness (QED) is 0.269. The minimum Gasteiger partial charge on any atom is -0.389 e. The molecule has 2 atom stereocenters. The van der Waals surface area contributed by atoms with Gasteiger partial charge in [-0.3, -0.25) is 4.99 Å². The van der Waals surface area contributed by atoms with E-state index in [0.717, 1.165) is 11.1 Å². The van der Waals surface area contributed by atoms with Gasteiger partial charge in [0.1, 0.15) is 5.82 Å². The molecule has 29 heavy (non-hydrogen) atoms. The normalized spacial score (nSPS) is 13.3. The van der Waals surface area contributed by atoms with Gasteiger partial charge in [0.25, 0.3) is 0 Å². The van der Waals surface area contributed by atoms with Gasteiger partial charge in [-0.15, -0.1) is 24.0 Å². The van der Waals surface area contributed by atoms with Gasteiger partial charge in [0.15, 0.2) is 5.96 Å². The van der Waals surface area contributed by atoms with E-state index in [1.807, 2.05) is 50.2 Å². The molecular weight excluding hydrogens is 484 g/mol. The zero-order chi connectivity index (χ0) is 20.4. The highest BCUT2D eigenvalue weighted by Crippen LogP contribution is 2.16. The fourth-order valence-corrected chi connectivity index (χ4v) is 2.62. The van der Waals surface area contributed by atoms with Gasteiger partial charge < -0.3 is 20.5 Å². The maximum Gasteiger partial charge on any atom is 0.191 e. The molecule has 0 aliphatic heterocycles. The van der Waals surface area contributed by atoms with E-state index in [4.69, 9.17) is 4.74 Å². The van der Waals surface area contributed by atoms with Crippen molar-refractivity contribution in [3.05, 3.63) is 71.0 Å². The molecule has 0 spiro atoms. The lowest BCUT2D eigenvalue weighted by Gasteiger charge is -2.19. The summed E-state index contributed by atoms with van der Waals surface area (Å²) < 4.78 is 19.3. The summed E-state index contributed by atoms with van der Waals surface area (Å²) in [6, 6.07) is 14.9. The first-order chi connectivity index (χ1) is 13.5. The number of aliphatic hydroxyl groups excluding tert-OH is 1. The predicted molar refractivity (Wildman–Crippen MR) is 126 cm³/mol. The zero-order valence-electron chi connectivity index (χ0n) is 17.2. The highest BCUT2D eigenvalue weighted by molar-refractivity contribution is 14.0. The Labute approximate surface area is 189 Å². The number of aryl methyl sites for hydroxylation is 1. The van der Waals surface area contributed by atoms with E-state index in [1.165, 1.54) is 6.07 Å². The van der Waals surface area contributed by atoms with Crippen molar-refractivity contribution in [3.63, 3.8) is 0 Å². The summed E-state index contributed by atoms with van der Waals surface area (Å²) in [5.74, 6) is 0.345. The third-order valence-electron chi connectivity index (χ3n) is 4.28. The Bertz CT molecular complexity index is 759. The van der Waals surface area contributed by atoms with Crippen molar-refractivity contribution >= 4 is 29.9 Å². The highest BCUT2D eigenvalue weighted by Gasteiger charge is 2.11. The molecule has 0 fully saturated rings. The Morgan fingerprint density at radius 1 is 1.21 bits per heavy atom. The fraction of sp³-hybridized carbons (Fsp3) is 0.409. The molecule has 7 heteroatoms. The molecule has 160 valence electrons. The third-order valence-corrected chi connectivity index (χ3v) is 4.28. The van der Waals surface area contributed by atoms with E-state index >= 15 is 0 Å². The van der Waals surface area contributed by atoms with Crippen molar-refractivity contribution in [2.24, 2.45) is 4.99 Å². The van der Waals surface area contributed by atoms with Crippen molar-refractivity contribution in [2.75, 3.05) is 19.7 Å². The van der Waals surface area contributed by atoms with Crippen molar-refractivity contribution < 1.29 is 14.2 Å². The number of aliphatic hydroxyl groups is 1. The van der Waals surface area contributed by atoms with Crippen LogP contribution < -0.4 is 10.6 Å². The molecule has 0 aliphatic rings. The SMILES string of the molecule is CCNC(=NCC(O)COCc1ccccc1)NC(C)c1ccc(C)c(F)c1.I. The van der Waals surface area contributed by atoms with Gasteiger partial charge >= 0.3 is 0 Å². The first-order valence-electron chi connectivity index (χ1n) is 9.60. The molecule has 0 amide bonds. The number of hydrogen-bond acceptors (Lipinski definition) is 3. The Morgan fingerprint density at radius 3 is 2.59 bits per heavy atom. The summed E-state index contributed by atoms with van der Waals surface area (Å²) in [4.78, 5) is 4.42. The average molecular weight is 515 g/mol. The second-order valence-corrected chi connectivity index (χ2v) is 6.75. The van der Waals surface area contributed by atoms with Crippen LogP contribution in [0.15, 0.2) is 53.5 Å². The zero-order valence-corrected chi connectivity index (χ0v) is 19.5. The van der Waals surface area contributed by atoms with Crippen LogP contribution in [-0.4, -0.2) is 36.9 Å². The lowest BCUT2D eigenvalue weighted by atomic mass is 10.1. The molecule has 2 unspecified atom stereocenters. The molecule has 0 bridgehead atoms. The molecule has 2 aromatic carbocycles. The van der Waals surface area contributed by atoms with E-state index in [0.29, 0.717) is 24.7 Å². The van der Waals surface area contributed by atoms with E-state index in [-0.39, 0.29) is 49.0 Å². The van der Waals surface area contributed by atoms with Gasteiger partial charge in [-0.25, -0.2) is 4.39 Å². The second-order valence-electron chi connectivity index (χ2n) is 6.75. The summed E-state index contributed by atoms with van der Waals surface area (Å²) >= 11 is 0. The molecule has 0 heterocycles. The average Bonchev–Trinajstić information content (AvgIpc) is 2.69. The van der Waals surface area contributed by atoms with Crippen LogP contribution in [0, 0.1) is 12.7 Å². The third kappa shape index (κ3) is 9.10. The number of ether oxygens (including phenoxy) is 1. The largest absolute Gasteiger partial charge is 0.389 e. The van der Waals surface area contributed by atoms with Crippen LogP contribution in [0.2, 0.25) is 0 Å². The minimum atomic E-state index is -0.703. The molecule has 5 nitrogen and oxygen atoms in total. The number of rotatable bonds is 9. The number of hydrogen-bond donors (Lipinski definition) is 3. The molecule has 0 aliphatic carbocycles. The smallest absolute Gasteiger partial charge is 0.191 e. The van der Waals surface area contributed by atoms with Crippen LogP contribution in [0.1, 0.15) is 36.6 Å². The van der Waals surface area contributed by atoms with E-state index < -0.39 is 6.10 Å². The molecule has 0 saturated heterocycles. The van der Waals surface area contributed by atoms with Crippen LogP contribution in [0.3, 0.4) is 0 Å². The molecule has 0 saturated carbocycles. The van der Waals surface area contributed by atoms with E-state index in [1.54, 1.807) is 13.0 Å². The number of benzene rings is 2. The Kier molecular flexibility index (Phi) is 11.8. The van der Waals surface area contributed by atoms with Crippen LogP contribution >= 0.6 is 24.0 Å². The summed E-state index contributed by atoms with van der Waals surface area (Å²) in [5, 5.41) is 16.5. The van der Waals surface area contributed by atoms with Crippen molar-refractivity contribution in [2.45, 2.75) is 39.5 Å². The van der Waals surface area contributed by atoms with E-state index in [9.17, 15) is 9.50 Å². The molecule has 0 radical (unpaired) electrons. The lowest BCUT2D eigenvalue weighted by Crippen LogP contribution is -2.39. The van der Waals surface area contributed by atoms with Crippen LogP contribution in [0.4, 0.5) is 4.39 Å². The molecule has 3 N–H and O–H groups in total. The fourth-order valence-electron chi connectivity index (χ4n) is 2.62. The van der Waals surface area contributed by atoms with Gasteiger partial charge in [0, 0.05) is 6.54 Å². The number of nitrogens with zero attached hydrogens (tertiary/aromatic N) is 1. The first kappa shape index (κ1) is 25.3. The lowest BCUT2D eigenvalue weighted by molar-refractivity contribution is 0.0331. The molecular formula is C22H31FIN3O2. The number of guanidine groups is 1. The van der Waals surface area contributed by atoms with Gasteiger partial charge in [0.2, 0.25) is 0 Å². The van der Waals surface area contributed by atoms with Crippen molar-refractivity contribution in [1.82, 2.24) is 10.6 Å². The Hall–Kier alpha value is -1.71. The number of halogens is 2. The predicted octanol–water partition coefficient (Wildman–Crippen LogP) is 3.95. The van der Waals surface area contributed by atoms with Gasteiger partial charge in [-0.1, -0.05) is 42.5 Å². The van der Waals surface area contributed by atoms with Crippen LogP contribution in [0.5, 0.6) is 0 Å². The van der Waals surface area contributed by atoms with E-state index in [2.05, 4.69) is 15.6 Å². The van der Waals surface area contributed by atoms with Gasteiger partial charge in [0.05, 0.1) is 31.9 Å². The van der Waals surface area contributed by atoms with Gasteiger partial charge in [-0.2, -0.15) is 0 Å². The second kappa shape index (κ2) is 13.5. The maximum atomic E-state index is 13.8. The molecule has 0 aromatic heterocycles. The van der Waals surface area contributed by atoms with Crippen molar-refractivity contribution in [3.8, 4) is 0 Å². The molecule has 2 aromatic rings. The maximum absolute atomic E-state index is 13.8. The Balaban J connectivity index is 0.00000420. The first-order valence-corrected chi connectivity index (χ1v) is 9.60. The monoisotopic (exact) mass is 515 g/mol. The minimum absolute atomic E-state index is 0. The van der Waals surface area contributed by atoms with Crippen LogP contribution in [-0.2, 0) is 11.3 Å². The number of aliphatic imine (C=N–C) groups is 1. The summed E-state index contributed by atoms with van der Waals surface area (Å²) in [6.45, 7) is 7.19. The standard InChI is InChI=1S/C22H30FN3O2.HI/c1-4-24-22(26-17(3)19-11-10-16(2)21(23)12-19)25-13-20(27)15-28-14-18-8-6-5-7-9-18;/h5-12,17,20,27H,4,13-15H2,1-3H3,(H2,24,25,26);1H. The summed E-state index contributed by atoms with van der Waals surface area (Å²) in [5.41, 5.74) is 2.52. The highest BCUT2D eigenvalue weighted by atomic mass is 127. The van der Waals surface area contributed by atoms with Gasteiger partial charge in [-0.05, 0) is 43.5 Å². The van der Waals surface area contributed by atoms with Crippen LogP contribution in [0.25, 0.3) is 0 Å². The Morgan fingerprint density at radius 2 is 1.93 bits per heavy atom. The summed E-state index contributed by atoms with van der Waals surface area (Å²) in [7, 11) is 0. The summed E-state index contributed by atoms with van der Waals surface area (Å²) in [6.07, 6.45) is -0.703. The number of nitrogens with one attached hydrogen (secondary N) is 2. The van der Waals surface area contributed by atoms with Crippen molar-refractivity contribution in [1.29, 1.82) is 0 Å².